The Hall–Kier alpha value is -3.02. The number of nitrogens with one attached hydrogen (secondary N) is 2. The molecule has 0 aromatic heterocycles. The van der Waals surface area contributed by atoms with Crippen LogP contribution in [0.2, 0.25) is 20.1 Å². The molecule has 0 bridgehead atoms. The summed E-state index contributed by atoms with van der Waals surface area (Å²) < 4.78 is 0. The lowest BCUT2D eigenvalue weighted by molar-refractivity contribution is -0.384. The van der Waals surface area contributed by atoms with Crippen molar-refractivity contribution >= 4 is 93.0 Å². The van der Waals surface area contributed by atoms with Crippen LogP contribution in [0.25, 0.3) is 0 Å². The van der Waals surface area contributed by atoms with Crippen LogP contribution in [-0.2, 0) is 4.79 Å². The highest BCUT2D eigenvalue weighted by Crippen LogP contribution is 2.42. The highest BCUT2D eigenvalue weighted by atomic mass is 35.5. The lowest BCUT2D eigenvalue weighted by atomic mass is 10.1. The number of aromatic carboxylic acids is 1. The van der Waals surface area contributed by atoms with E-state index in [0.717, 1.165) is 11.8 Å². The molecule has 0 aliphatic heterocycles. The van der Waals surface area contributed by atoms with Crippen LogP contribution in [0.5, 0.6) is 0 Å². The third-order valence-corrected chi connectivity index (χ3v) is 7.67. The first-order valence-corrected chi connectivity index (χ1v) is 12.6. The monoisotopic (exact) mass is 601 g/mol. The highest BCUT2D eigenvalue weighted by Gasteiger charge is 2.29. The van der Waals surface area contributed by atoms with Crippen molar-refractivity contribution in [3.63, 3.8) is 0 Å². The van der Waals surface area contributed by atoms with Crippen molar-refractivity contribution in [3.8, 4) is 0 Å². The predicted molar refractivity (Wildman–Crippen MR) is 145 cm³/mol. The van der Waals surface area contributed by atoms with Crippen molar-refractivity contribution in [2.45, 2.75) is 11.8 Å². The maximum absolute atomic E-state index is 12.9. The molecule has 0 unspecified atom stereocenters. The standard InChI is InChI=1S/C23H15Cl4N3O6S/c1-10-5-6-12(30(35)36)8-14(10)29-15(31)9-37-13-4-2-3-11(7-13)28-22(32)16-17(23(33)34)19(25)21(27)20(26)18(16)24/h2-8H,9H2,1H3,(H,28,32)(H,29,31)(H,33,34). The van der Waals surface area contributed by atoms with E-state index in [1.807, 2.05) is 0 Å². The zero-order chi connectivity index (χ0) is 27.4. The SMILES string of the molecule is Cc1ccc([N+](=O)[O-])cc1NC(=O)CSc1cccc(NC(=O)c2c(Cl)c(Cl)c(Cl)c(Cl)c2C(=O)O)c1. The van der Waals surface area contributed by atoms with Crippen molar-refractivity contribution in [3.05, 3.63) is 89.4 Å². The summed E-state index contributed by atoms with van der Waals surface area (Å²) in [4.78, 5) is 48.1. The van der Waals surface area contributed by atoms with Crippen LogP contribution in [0, 0.1) is 17.0 Å². The molecule has 3 N–H and O–H groups in total. The van der Waals surface area contributed by atoms with Gasteiger partial charge >= 0.3 is 5.97 Å². The molecule has 0 spiro atoms. The van der Waals surface area contributed by atoms with Crippen molar-refractivity contribution in [2.75, 3.05) is 16.4 Å². The minimum absolute atomic E-state index is 0.0308. The van der Waals surface area contributed by atoms with Crippen LogP contribution >= 0.6 is 58.2 Å². The Morgan fingerprint density at radius 3 is 2.22 bits per heavy atom. The molecule has 192 valence electrons. The number of carboxylic acid groups (broad SMARTS) is 1. The number of carboxylic acids is 1. The number of carbonyl (C=O) groups is 3. The fraction of sp³-hybridized carbons (Fsp3) is 0.0870. The molecular formula is C23H15Cl4N3O6S. The van der Waals surface area contributed by atoms with Crippen LogP contribution in [0.3, 0.4) is 0 Å². The van der Waals surface area contributed by atoms with Crippen molar-refractivity contribution in [1.82, 2.24) is 0 Å². The lowest BCUT2D eigenvalue weighted by Gasteiger charge is -2.14. The number of non-ortho nitro benzene ring substituents is 1. The summed E-state index contributed by atoms with van der Waals surface area (Å²) >= 11 is 25.2. The maximum atomic E-state index is 12.9. The second kappa shape index (κ2) is 12.0. The molecule has 0 radical (unpaired) electrons. The summed E-state index contributed by atoms with van der Waals surface area (Å²) in [7, 11) is 0. The Morgan fingerprint density at radius 2 is 1.59 bits per heavy atom. The molecule has 0 saturated carbocycles. The third kappa shape index (κ3) is 6.65. The zero-order valence-electron chi connectivity index (χ0n) is 18.6. The van der Waals surface area contributed by atoms with Gasteiger partial charge < -0.3 is 15.7 Å². The zero-order valence-corrected chi connectivity index (χ0v) is 22.4. The molecule has 0 saturated heterocycles. The number of thioether (sulfide) groups is 1. The first-order chi connectivity index (χ1) is 17.4. The molecule has 14 heteroatoms. The molecule has 3 aromatic rings. The van der Waals surface area contributed by atoms with Crippen LogP contribution in [-0.4, -0.2) is 33.6 Å². The molecule has 0 atom stereocenters. The van der Waals surface area contributed by atoms with Gasteiger partial charge in [0.25, 0.3) is 11.6 Å². The Balaban J connectivity index is 1.74. The summed E-state index contributed by atoms with van der Waals surface area (Å²) in [5.41, 5.74) is 0.0594. The van der Waals surface area contributed by atoms with Crippen LogP contribution in [0.4, 0.5) is 17.1 Å². The van der Waals surface area contributed by atoms with E-state index in [9.17, 15) is 29.6 Å². The fourth-order valence-corrected chi connectivity index (χ4v) is 4.87. The van der Waals surface area contributed by atoms with E-state index in [2.05, 4.69) is 10.6 Å². The first-order valence-electron chi connectivity index (χ1n) is 10.1. The van der Waals surface area contributed by atoms with Gasteiger partial charge in [-0.3, -0.25) is 19.7 Å². The van der Waals surface area contributed by atoms with Gasteiger partial charge in [0.2, 0.25) is 5.91 Å². The summed E-state index contributed by atoms with van der Waals surface area (Å²) in [5.74, 6) is -2.84. The predicted octanol–water partition coefficient (Wildman–Crippen LogP) is 7.20. The average molecular weight is 603 g/mol. The number of aryl methyl sites for hydroxylation is 1. The topological polar surface area (TPSA) is 139 Å². The maximum Gasteiger partial charge on any atom is 0.338 e. The first kappa shape index (κ1) is 28.5. The molecule has 2 amide bonds. The molecule has 0 fully saturated rings. The van der Waals surface area contributed by atoms with Crippen LogP contribution in [0.1, 0.15) is 26.3 Å². The van der Waals surface area contributed by atoms with E-state index < -0.39 is 38.9 Å². The number of nitrogens with zero attached hydrogens (tertiary/aromatic N) is 1. The number of hydrogen-bond acceptors (Lipinski definition) is 6. The number of rotatable bonds is 8. The van der Waals surface area contributed by atoms with Gasteiger partial charge in [-0.1, -0.05) is 58.5 Å². The summed E-state index contributed by atoms with van der Waals surface area (Å²) in [6.45, 7) is 1.71. The normalized spacial score (nSPS) is 10.6. The minimum Gasteiger partial charge on any atom is -0.478 e. The van der Waals surface area contributed by atoms with E-state index in [1.165, 1.54) is 18.2 Å². The van der Waals surface area contributed by atoms with E-state index >= 15 is 0 Å². The van der Waals surface area contributed by atoms with Crippen molar-refractivity contribution < 1.29 is 24.4 Å². The van der Waals surface area contributed by atoms with E-state index in [0.29, 0.717) is 16.1 Å². The number of nitro benzene ring substituents is 1. The smallest absolute Gasteiger partial charge is 0.338 e. The quantitative estimate of drug-likeness (QED) is 0.0814. The van der Waals surface area contributed by atoms with Gasteiger partial charge in [0.15, 0.2) is 0 Å². The highest BCUT2D eigenvalue weighted by molar-refractivity contribution is 8.00. The fourth-order valence-electron chi connectivity index (χ4n) is 3.10. The molecule has 0 aliphatic rings. The molecule has 9 nitrogen and oxygen atoms in total. The van der Waals surface area contributed by atoms with Crippen LogP contribution < -0.4 is 10.6 Å². The molecular weight excluding hydrogens is 588 g/mol. The number of anilines is 2. The van der Waals surface area contributed by atoms with Crippen LogP contribution in [0.15, 0.2) is 47.4 Å². The Labute approximate surface area is 234 Å². The Bertz CT molecular complexity index is 1450. The van der Waals surface area contributed by atoms with Gasteiger partial charge in [-0.05, 0) is 30.7 Å². The molecule has 3 rings (SSSR count). The van der Waals surface area contributed by atoms with Crippen molar-refractivity contribution in [2.24, 2.45) is 0 Å². The Morgan fingerprint density at radius 1 is 0.946 bits per heavy atom. The average Bonchev–Trinajstić information content (AvgIpc) is 2.84. The third-order valence-electron chi connectivity index (χ3n) is 4.88. The van der Waals surface area contributed by atoms with Gasteiger partial charge in [-0.2, -0.15) is 0 Å². The summed E-state index contributed by atoms with van der Waals surface area (Å²) in [5, 5.41) is 24.3. The lowest BCUT2D eigenvalue weighted by Crippen LogP contribution is -2.18. The molecule has 37 heavy (non-hydrogen) atoms. The van der Waals surface area contributed by atoms with E-state index in [-0.39, 0.29) is 32.2 Å². The Kier molecular flexibility index (Phi) is 9.27. The minimum atomic E-state index is -1.52. The summed E-state index contributed by atoms with van der Waals surface area (Å²) in [6.07, 6.45) is 0. The number of benzene rings is 3. The molecule has 3 aromatic carbocycles. The number of amides is 2. The van der Waals surface area contributed by atoms with E-state index in [4.69, 9.17) is 46.4 Å². The number of hydrogen-bond donors (Lipinski definition) is 3. The van der Waals surface area contributed by atoms with Gasteiger partial charge in [0.05, 0.1) is 47.6 Å². The second-order valence-corrected chi connectivity index (χ2v) is 9.95. The largest absolute Gasteiger partial charge is 0.478 e. The number of carbonyl (C=O) groups excluding carboxylic acids is 2. The number of nitro groups is 1. The van der Waals surface area contributed by atoms with Gasteiger partial charge in [0.1, 0.15) is 0 Å². The van der Waals surface area contributed by atoms with Gasteiger partial charge in [-0.25, -0.2) is 4.79 Å². The second-order valence-electron chi connectivity index (χ2n) is 7.39. The van der Waals surface area contributed by atoms with Gasteiger partial charge in [0, 0.05) is 22.7 Å². The molecule has 0 aliphatic carbocycles. The number of halogens is 4. The van der Waals surface area contributed by atoms with Crippen molar-refractivity contribution in [1.29, 1.82) is 0 Å². The van der Waals surface area contributed by atoms with Gasteiger partial charge in [-0.15, -0.1) is 11.8 Å². The van der Waals surface area contributed by atoms with E-state index in [1.54, 1.807) is 31.2 Å². The summed E-state index contributed by atoms with van der Waals surface area (Å²) in [6, 6.07) is 10.6. The molecule has 0 heterocycles.